The van der Waals surface area contributed by atoms with Gasteiger partial charge in [0.1, 0.15) is 0 Å². The van der Waals surface area contributed by atoms with Gasteiger partial charge in [-0.05, 0) is 44.1 Å². The summed E-state index contributed by atoms with van der Waals surface area (Å²) in [6.07, 6.45) is 8.78. The van der Waals surface area contributed by atoms with Crippen molar-refractivity contribution in [3.05, 3.63) is 18.5 Å². The van der Waals surface area contributed by atoms with Crippen molar-refractivity contribution in [1.29, 1.82) is 0 Å². The molecule has 1 saturated carbocycles. The molecule has 10 heteroatoms. The Hall–Kier alpha value is -1.17. The Morgan fingerprint density at radius 2 is 1.89 bits per heavy atom. The van der Waals surface area contributed by atoms with Crippen molar-refractivity contribution in [2.75, 3.05) is 36.0 Å². The lowest BCUT2D eigenvalue weighted by Crippen LogP contribution is -2.52. The molecular weight excluding hydrogens is 491 g/mol. The summed E-state index contributed by atoms with van der Waals surface area (Å²) in [7, 11) is -2.85. The maximum Gasteiger partial charge on any atom is 0.225 e. The van der Waals surface area contributed by atoms with E-state index in [9.17, 15) is 8.42 Å². The number of sulfone groups is 1. The van der Waals surface area contributed by atoms with E-state index in [1.807, 2.05) is 6.07 Å². The molecule has 2 atom stereocenters. The average Bonchev–Trinajstić information content (AvgIpc) is 3.42. The molecule has 0 amide bonds. The second kappa shape index (κ2) is 9.55. The molecule has 3 fully saturated rings. The zero-order chi connectivity index (χ0) is 18.7. The molecule has 1 aliphatic carbocycles. The molecular formula is C18H29IN6O2S. The van der Waals surface area contributed by atoms with Crippen LogP contribution < -0.4 is 15.5 Å². The predicted octanol–water partition coefficient (Wildman–Crippen LogP) is 1.20. The first kappa shape index (κ1) is 21.5. The largest absolute Gasteiger partial charge is 0.354 e. The minimum absolute atomic E-state index is 0. The van der Waals surface area contributed by atoms with E-state index in [1.165, 1.54) is 12.8 Å². The fourth-order valence-electron chi connectivity index (χ4n) is 3.71. The Bertz CT molecular complexity index is 772. The number of hydrogen-bond acceptors (Lipinski definition) is 6. The molecule has 2 N–H and O–H groups in total. The molecule has 0 radical (unpaired) electrons. The van der Waals surface area contributed by atoms with E-state index in [2.05, 4.69) is 25.5 Å². The summed E-state index contributed by atoms with van der Waals surface area (Å²) in [4.78, 5) is 15.7. The van der Waals surface area contributed by atoms with Gasteiger partial charge in [0, 0.05) is 44.1 Å². The second-order valence-corrected chi connectivity index (χ2v) is 10.1. The van der Waals surface area contributed by atoms with E-state index in [0.717, 1.165) is 44.3 Å². The normalized spacial score (nSPS) is 27.1. The van der Waals surface area contributed by atoms with Gasteiger partial charge < -0.3 is 15.5 Å². The fraction of sp³-hybridized carbons (Fsp3) is 0.722. The first-order valence-electron chi connectivity index (χ1n) is 9.87. The molecule has 2 aliphatic heterocycles. The number of guanidine groups is 1. The van der Waals surface area contributed by atoms with E-state index in [4.69, 9.17) is 4.99 Å². The molecule has 1 aromatic heterocycles. The molecule has 0 bridgehead atoms. The number of nitrogens with one attached hydrogen (secondary N) is 2. The van der Waals surface area contributed by atoms with Crippen molar-refractivity contribution in [3.8, 4) is 0 Å². The van der Waals surface area contributed by atoms with E-state index < -0.39 is 9.84 Å². The van der Waals surface area contributed by atoms with Gasteiger partial charge in [0.25, 0.3) is 0 Å². The third-order valence-corrected chi connectivity index (χ3v) is 7.19. The Balaban J connectivity index is 0.00000225. The topological polar surface area (TPSA) is 99.6 Å². The van der Waals surface area contributed by atoms with E-state index in [0.29, 0.717) is 18.3 Å². The lowest BCUT2D eigenvalue weighted by Gasteiger charge is -2.34. The lowest BCUT2D eigenvalue weighted by molar-refractivity contribution is 0.461. The molecule has 1 aromatic rings. The van der Waals surface area contributed by atoms with Gasteiger partial charge in [0.05, 0.1) is 11.5 Å². The summed E-state index contributed by atoms with van der Waals surface area (Å²) in [6, 6.07) is 2.61. The van der Waals surface area contributed by atoms with Gasteiger partial charge in [-0.25, -0.2) is 18.4 Å². The number of aliphatic imine (C=N–C) groups is 1. The summed E-state index contributed by atoms with van der Waals surface area (Å²) >= 11 is 0. The van der Waals surface area contributed by atoms with Crippen LogP contribution in [0.3, 0.4) is 0 Å². The Labute approximate surface area is 183 Å². The molecule has 3 aliphatic rings. The van der Waals surface area contributed by atoms with Crippen LogP contribution in [0.5, 0.6) is 0 Å². The fourth-order valence-corrected chi connectivity index (χ4v) is 5.56. The van der Waals surface area contributed by atoms with Crippen molar-refractivity contribution in [3.63, 3.8) is 0 Å². The molecule has 156 valence electrons. The summed E-state index contributed by atoms with van der Waals surface area (Å²) < 4.78 is 23.3. The van der Waals surface area contributed by atoms with Gasteiger partial charge >= 0.3 is 0 Å². The van der Waals surface area contributed by atoms with Crippen LogP contribution in [-0.2, 0) is 9.84 Å². The molecule has 2 unspecified atom stereocenters. The van der Waals surface area contributed by atoms with Crippen molar-refractivity contribution in [2.24, 2.45) is 10.9 Å². The lowest BCUT2D eigenvalue weighted by atomic mass is 10.1. The molecule has 3 heterocycles. The highest BCUT2D eigenvalue weighted by molar-refractivity contribution is 14.0. The Morgan fingerprint density at radius 1 is 1.14 bits per heavy atom. The average molecular weight is 520 g/mol. The van der Waals surface area contributed by atoms with Crippen LogP contribution >= 0.6 is 24.0 Å². The van der Waals surface area contributed by atoms with Crippen molar-refractivity contribution >= 4 is 45.7 Å². The van der Waals surface area contributed by atoms with Crippen LogP contribution in [0.1, 0.15) is 32.1 Å². The van der Waals surface area contributed by atoms with Crippen molar-refractivity contribution in [2.45, 2.75) is 44.2 Å². The van der Waals surface area contributed by atoms with Crippen molar-refractivity contribution in [1.82, 2.24) is 20.6 Å². The van der Waals surface area contributed by atoms with E-state index in [-0.39, 0.29) is 41.7 Å². The summed E-state index contributed by atoms with van der Waals surface area (Å²) in [5.41, 5.74) is 0. The number of nitrogens with zero attached hydrogens (tertiary/aromatic N) is 4. The van der Waals surface area contributed by atoms with E-state index in [1.54, 1.807) is 12.4 Å². The third-order valence-electron chi connectivity index (χ3n) is 5.35. The van der Waals surface area contributed by atoms with Crippen LogP contribution in [0.25, 0.3) is 0 Å². The highest BCUT2D eigenvalue weighted by atomic mass is 127. The molecule has 8 nitrogen and oxygen atoms in total. The minimum Gasteiger partial charge on any atom is -0.354 e. The molecule has 28 heavy (non-hydrogen) atoms. The molecule has 2 saturated heterocycles. The highest BCUT2D eigenvalue weighted by Crippen LogP contribution is 2.21. The first-order valence-corrected chi connectivity index (χ1v) is 11.7. The van der Waals surface area contributed by atoms with Crippen LogP contribution in [0, 0.1) is 5.92 Å². The van der Waals surface area contributed by atoms with Crippen LogP contribution in [0.4, 0.5) is 5.95 Å². The summed E-state index contributed by atoms with van der Waals surface area (Å²) in [6.45, 7) is 2.37. The van der Waals surface area contributed by atoms with Crippen LogP contribution in [0.2, 0.25) is 0 Å². The SMILES string of the molecule is I.O=S1(=O)CCC(CN=C(NC2CC2)NC2CCCN(c3ncccn3)C2)C1. The zero-order valence-corrected chi connectivity index (χ0v) is 19.1. The third kappa shape index (κ3) is 6.16. The highest BCUT2D eigenvalue weighted by Gasteiger charge is 2.29. The standard InChI is InChI=1S/C18H28N6O2S.HI/c25-27(26)10-6-14(13-27)11-21-17(22-15-4-5-15)23-16-3-1-9-24(12-16)18-19-7-2-8-20-18;/h2,7-8,14-16H,1,3-6,9-13H2,(H2,21,22,23);1H. The number of aromatic nitrogens is 2. The smallest absolute Gasteiger partial charge is 0.225 e. The minimum atomic E-state index is -2.85. The monoisotopic (exact) mass is 520 g/mol. The number of rotatable bonds is 5. The van der Waals surface area contributed by atoms with Gasteiger partial charge in [-0.3, -0.25) is 4.99 Å². The Kier molecular flexibility index (Phi) is 7.35. The maximum absolute atomic E-state index is 11.7. The second-order valence-electron chi connectivity index (χ2n) is 7.86. The zero-order valence-electron chi connectivity index (χ0n) is 16.0. The summed E-state index contributed by atoms with van der Waals surface area (Å²) in [5, 5.41) is 7.04. The number of halogens is 1. The predicted molar refractivity (Wildman–Crippen MR) is 121 cm³/mol. The number of hydrogen-bond donors (Lipinski definition) is 2. The number of anilines is 1. The first-order chi connectivity index (χ1) is 13.1. The molecule has 4 rings (SSSR count). The maximum atomic E-state index is 11.7. The van der Waals surface area contributed by atoms with Gasteiger partial charge in [-0.15, -0.1) is 24.0 Å². The molecule has 0 spiro atoms. The molecule has 0 aromatic carbocycles. The van der Waals surface area contributed by atoms with Crippen LogP contribution in [-0.4, -0.2) is 67.6 Å². The van der Waals surface area contributed by atoms with Gasteiger partial charge in [0.15, 0.2) is 15.8 Å². The van der Waals surface area contributed by atoms with Gasteiger partial charge in [-0.1, -0.05) is 0 Å². The van der Waals surface area contributed by atoms with Crippen LogP contribution in [0.15, 0.2) is 23.5 Å². The van der Waals surface area contributed by atoms with E-state index >= 15 is 0 Å². The van der Waals surface area contributed by atoms with Gasteiger partial charge in [-0.2, -0.15) is 0 Å². The van der Waals surface area contributed by atoms with Gasteiger partial charge in [0.2, 0.25) is 5.95 Å². The summed E-state index contributed by atoms with van der Waals surface area (Å²) in [5.74, 6) is 2.32. The quantitative estimate of drug-likeness (QED) is 0.342. The van der Waals surface area contributed by atoms with Crippen molar-refractivity contribution < 1.29 is 8.42 Å². The number of piperidine rings is 1. The Morgan fingerprint density at radius 3 is 2.57 bits per heavy atom.